The first-order valence-electron chi connectivity index (χ1n) is 8.83. The number of nitrogen functional groups attached to an aromatic ring is 1. The summed E-state index contributed by atoms with van der Waals surface area (Å²) in [5.41, 5.74) is 5.32. The number of carbonyl (C=O) groups excluding carboxylic acids is 2. The van der Waals surface area contributed by atoms with Crippen molar-refractivity contribution < 1.29 is 23.1 Å². The van der Waals surface area contributed by atoms with Gasteiger partial charge in [-0.25, -0.2) is 14.7 Å². The van der Waals surface area contributed by atoms with Gasteiger partial charge in [0.2, 0.25) is 0 Å². The number of urea groups is 1. The summed E-state index contributed by atoms with van der Waals surface area (Å²) in [5.74, 6) is -0.789. The molecule has 2 heterocycles. The predicted molar refractivity (Wildman–Crippen MR) is 108 cm³/mol. The summed E-state index contributed by atoms with van der Waals surface area (Å²) in [6.07, 6.45) is -1.78. The fourth-order valence-electron chi connectivity index (χ4n) is 3.01. The molecule has 7 nitrogen and oxygen atoms in total. The van der Waals surface area contributed by atoms with Crippen molar-refractivity contribution in [3.63, 3.8) is 0 Å². The van der Waals surface area contributed by atoms with E-state index >= 15 is 0 Å². The van der Waals surface area contributed by atoms with E-state index in [0.717, 1.165) is 4.90 Å². The number of nitrogens with two attached hydrogens (primary N) is 1. The molecule has 30 heavy (non-hydrogen) atoms. The maximum absolute atomic E-state index is 13.4. The Morgan fingerprint density at radius 2 is 2.00 bits per heavy atom. The number of ether oxygens (including phenoxy) is 1. The monoisotopic (exact) mass is 436 g/mol. The minimum Gasteiger partial charge on any atom is -0.427 e. The van der Waals surface area contributed by atoms with Gasteiger partial charge in [0.15, 0.2) is 0 Å². The van der Waals surface area contributed by atoms with Crippen LogP contribution in [0.3, 0.4) is 0 Å². The fraction of sp³-hybridized carbons (Fsp3) is 0.250. The van der Waals surface area contributed by atoms with Gasteiger partial charge in [-0.15, -0.1) is 0 Å². The molecule has 0 atom stereocenters. The molecular formula is C20H19ClF2N4O3. The van der Waals surface area contributed by atoms with Crippen LogP contribution >= 0.6 is 11.6 Å². The quantitative estimate of drug-likeness (QED) is 0.317. The Morgan fingerprint density at radius 1 is 1.30 bits per heavy atom. The average Bonchev–Trinajstić information content (AvgIpc) is 2.83. The van der Waals surface area contributed by atoms with Gasteiger partial charge in [0.25, 0.3) is 5.91 Å². The summed E-state index contributed by atoms with van der Waals surface area (Å²) in [6, 6.07) is 6.41. The molecule has 1 saturated heterocycles. The third kappa shape index (κ3) is 3.93. The Kier molecular flexibility index (Phi) is 5.42. The maximum atomic E-state index is 13.4. The molecule has 3 rings (SSSR count). The molecular weight excluding hydrogens is 418 g/mol. The predicted octanol–water partition coefficient (Wildman–Crippen LogP) is 4.22. The molecule has 1 aromatic heterocycles. The molecule has 0 saturated carbocycles. The van der Waals surface area contributed by atoms with Crippen LogP contribution in [0.2, 0.25) is 5.15 Å². The number of imide groups is 1. The molecule has 0 aliphatic carbocycles. The first kappa shape index (κ1) is 21.5. The highest BCUT2D eigenvalue weighted by Crippen LogP contribution is 2.37. The van der Waals surface area contributed by atoms with Gasteiger partial charge < -0.3 is 15.4 Å². The Morgan fingerprint density at radius 3 is 2.60 bits per heavy atom. The van der Waals surface area contributed by atoms with Crippen molar-refractivity contribution in [3.8, 4) is 5.75 Å². The molecule has 1 aliphatic rings. The third-order valence-corrected chi connectivity index (χ3v) is 4.90. The Hall–Kier alpha value is -3.20. The Balaban J connectivity index is 1.91. The maximum Gasteiger partial charge on any atom is 0.419 e. The van der Waals surface area contributed by atoms with Gasteiger partial charge in [-0.2, -0.15) is 8.78 Å². The molecule has 158 valence electrons. The van der Waals surface area contributed by atoms with Crippen LogP contribution in [0.15, 0.2) is 49.2 Å². The standard InChI is InChI=1S/C20H19ClF2N4O3/c1-4-20(22,23)30-15-6-5-13(10-14(15)24)27-17(28)19(2,3)26(18(27)29)11-12-7-8-25-16(21)9-12/h4-10H,1,11,24H2,2-3H3. The van der Waals surface area contributed by atoms with Gasteiger partial charge >= 0.3 is 12.1 Å². The molecule has 2 N–H and O–H groups in total. The van der Waals surface area contributed by atoms with Crippen molar-refractivity contribution in [1.29, 1.82) is 0 Å². The van der Waals surface area contributed by atoms with Gasteiger partial charge in [-0.05, 0) is 49.7 Å². The van der Waals surface area contributed by atoms with Crippen molar-refractivity contribution in [2.75, 3.05) is 10.6 Å². The van der Waals surface area contributed by atoms with Crippen LogP contribution in [0.4, 0.5) is 25.0 Å². The van der Waals surface area contributed by atoms with E-state index in [1.807, 2.05) is 0 Å². The Bertz CT molecular complexity index is 1030. The van der Waals surface area contributed by atoms with E-state index in [-0.39, 0.29) is 28.8 Å². The summed E-state index contributed by atoms with van der Waals surface area (Å²) >= 11 is 5.90. The minimum absolute atomic E-state index is 0.124. The van der Waals surface area contributed by atoms with Gasteiger partial charge in [0.1, 0.15) is 16.4 Å². The van der Waals surface area contributed by atoms with Crippen molar-refractivity contribution in [3.05, 3.63) is 59.9 Å². The lowest BCUT2D eigenvalue weighted by Gasteiger charge is -2.27. The second kappa shape index (κ2) is 7.56. The zero-order valence-corrected chi connectivity index (χ0v) is 17.0. The molecule has 1 aromatic carbocycles. The lowest BCUT2D eigenvalue weighted by atomic mass is 10.0. The lowest BCUT2D eigenvalue weighted by Crippen LogP contribution is -2.43. The smallest absolute Gasteiger partial charge is 0.419 e. The number of halogens is 3. The molecule has 0 unspecified atom stereocenters. The number of hydrogen-bond acceptors (Lipinski definition) is 5. The van der Waals surface area contributed by atoms with Crippen LogP contribution in [-0.4, -0.2) is 33.5 Å². The van der Waals surface area contributed by atoms with E-state index < -0.39 is 23.6 Å². The molecule has 3 amide bonds. The molecule has 0 spiro atoms. The topological polar surface area (TPSA) is 88.8 Å². The van der Waals surface area contributed by atoms with Crippen molar-refractivity contribution in [2.45, 2.75) is 32.0 Å². The number of aromatic nitrogens is 1. The molecule has 10 heteroatoms. The third-order valence-electron chi connectivity index (χ3n) is 4.69. The summed E-state index contributed by atoms with van der Waals surface area (Å²) in [4.78, 5) is 32.3. The second-order valence-corrected chi connectivity index (χ2v) is 7.53. The number of amides is 3. The number of anilines is 2. The SMILES string of the molecule is C=CC(F)(F)Oc1ccc(N2C(=O)N(Cc3ccnc(Cl)c3)C(C)(C)C2=O)cc1N. The van der Waals surface area contributed by atoms with Gasteiger partial charge in [-0.3, -0.25) is 4.79 Å². The largest absolute Gasteiger partial charge is 0.427 e. The molecule has 1 aliphatic heterocycles. The molecule has 1 fully saturated rings. The number of benzene rings is 1. The highest BCUT2D eigenvalue weighted by atomic mass is 35.5. The highest BCUT2D eigenvalue weighted by molar-refractivity contribution is 6.29. The summed E-state index contributed by atoms with van der Waals surface area (Å²) < 4.78 is 31.3. The van der Waals surface area contributed by atoms with Gasteiger partial charge in [0.05, 0.1) is 11.4 Å². The summed E-state index contributed by atoms with van der Waals surface area (Å²) in [6.45, 7) is 6.34. The van der Waals surface area contributed by atoms with Crippen molar-refractivity contribution in [2.24, 2.45) is 0 Å². The first-order chi connectivity index (χ1) is 14.0. The number of pyridine rings is 1. The number of rotatable bonds is 6. The molecule has 2 aromatic rings. The van der Waals surface area contributed by atoms with Crippen LogP contribution in [0.1, 0.15) is 19.4 Å². The number of nitrogens with zero attached hydrogens (tertiary/aromatic N) is 3. The van der Waals surface area contributed by atoms with E-state index in [9.17, 15) is 18.4 Å². The van der Waals surface area contributed by atoms with Crippen LogP contribution < -0.4 is 15.4 Å². The number of carbonyl (C=O) groups is 2. The van der Waals surface area contributed by atoms with E-state index in [1.165, 1.54) is 29.3 Å². The van der Waals surface area contributed by atoms with E-state index in [0.29, 0.717) is 11.6 Å². The Labute approximate surface area is 176 Å². The zero-order chi connectivity index (χ0) is 22.3. The zero-order valence-electron chi connectivity index (χ0n) is 16.2. The van der Waals surface area contributed by atoms with Crippen LogP contribution in [-0.2, 0) is 11.3 Å². The normalized spacial score (nSPS) is 16.2. The fourth-order valence-corrected chi connectivity index (χ4v) is 3.20. The summed E-state index contributed by atoms with van der Waals surface area (Å²) in [5, 5.41) is 0.264. The lowest BCUT2D eigenvalue weighted by molar-refractivity contribution is -0.131. The van der Waals surface area contributed by atoms with Crippen LogP contribution in [0.25, 0.3) is 0 Å². The average molecular weight is 437 g/mol. The van der Waals surface area contributed by atoms with Crippen molar-refractivity contribution >= 4 is 34.9 Å². The summed E-state index contributed by atoms with van der Waals surface area (Å²) in [7, 11) is 0. The second-order valence-electron chi connectivity index (χ2n) is 7.15. The van der Waals surface area contributed by atoms with E-state index in [1.54, 1.807) is 26.0 Å². The number of hydrogen-bond donors (Lipinski definition) is 1. The highest BCUT2D eigenvalue weighted by Gasteiger charge is 2.51. The van der Waals surface area contributed by atoms with E-state index in [2.05, 4.69) is 16.3 Å². The van der Waals surface area contributed by atoms with E-state index in [4.69, 9.17) is 17.3 Å². The van der Waals surface area contributed by atoms with Crippen LogP contribution in [0.5, 0.6) is 5.75 Å². The minimum atomic E-state index is -3.61. The molecule has 0 radical (unpaired) electrons. The van der Waals surface area contributed by atoms with Crippen LogP contribution in [0, 0.1) is 0 Å². The first-order valence-corrected chi connectivity index (χ1v) is 9.20. The number of alkyl halides is 2. The van der Waals surface area contributed by atoms with Gasteiger partial charge in [-0.1, -0.05) is 18.2 Å². The van der Waals surface area contributed by atoms with Gasteiger partial charge in [0, 0.05) is 18.8 Å². The molecule has 0 bridgehead atoms. The van der Waals surface area contributed by atoms with Crippen molar-refractivity contribution in [1.82, 2.24) is 9.88 Å².